The lowest BCUT2D eigenvalue weighted by molar-refractivity contribution is 0.248. The molecule has 1 rings (SSSR count). The van der Waals surface area contributed by atoms with Crippen LogP contribution in [0, 0.1) is 5.92 Å². The monoisotopic (exact) mass is 210 g/mol. The average Bonchev–Trinajstić information content (AvgIpc) is 2.71. The lowest BCUT2D eigenvalue weighted by Crippen LogP contribution is -2.23. The summed E-state index contributed by atoms with van der Waals surface area (Å²) in [5.41, 5.74) is 1.29. The molecule has 86 valence electrons. The van der Waals surface area contributed by atoms with Crippen LogP contribution < -0.4 is 5.32 Å². The number of aliphatic hydroxyl groups is 1. The highest BCUT2D eigenvalue weighted by atomic mass is 16.3. The van der Waals surface area contributed by atoms with Gasteiger partial charge in [0.05, 0.1) is 0 Å². The Balaban J connectivity index is 2.15. The first-order valence-corrected chi connectivity index (χ1v) is 5.80. The molecule has 1 heterocycles. The Bertz CT molecular complexity index is 228. The fraction of sp³-hybridized carbons (Fsp3) is 0.667. The van der Waals surface area contributed by atoms with Gasteiger partial charge in [-0.05, 0) is 36.9 Å². The Morgan fingerprint density at radius 1 is 1.47 bits per heavy atom. The predicted molar refractivity (Wildman–Crippen MR) is 62.6 cm³/mol. The number of H-pyrrole nitrogens is 1. The molecule has 0 aliphatic rings. The second kappa shape index (κ2) is 7.49. The molecule has 0 amide bonds. The molecule has 0 spiro atoms. The number of nitrogens with one attached hydrogen (secondary N) is 2. The maximum Gasteiger partial charge on any atom is 0.0434 e. The summed E-state index contributed by atoms with van der Waals surface area (Å²) >= 11 is 0. The van der Waals surface area contributed by atoms with Crippen LogP contribution in [0.2, 0.25) is 0 Å². The summed E-state index contributed by atoms with van der Waals surface area (Å²) in [4.78, 5) is 3.04. The average molecular weight is 210 g/mol. The van der Waals surface area contributed by atoms with Gasteiger partial charge in [-0.1, -0.05) is 13.3 Å². The van der Waals surface area contributed by atoms with Gasteiger partial charge in [-0.25, -0.2) is 0 Å². The van der Waals surface area contributed by atoms with Crippen LogP contribution in [0.15, 0.2) is 18.5 Å². The molecule has 15 heavy (non-hydrogen) atoms. The van der Waals surface area contributed by atoms with Gasteiger partial charge in [-0.3, -0.25) is 0 Å². The second-order valence-corrected chi connectivity index (χ2v) is 4.02. The Labute approximate surface area is 91.9 Å². The van der Waals surface area contributed by atoms with Crippen LogP contribution in [-0.4, -0.2) is 23.2 Å². The number of hydrogen-bond donors (Lipinski definition) is 3. The van der Waals surface area contributed by atoms with Crippen LogP contribution in [0.3, 0.4) is 0 Å². The van der Waals surface area contributed by atoms with Crippen molar-refractivity contribution in [2.45, 2.75) is 32.7 Å². The van der Waals surface area contributed by atoms with Gasteiger partial charge in [-0.2, -0.15) is 0 Å². The standard InChI is InChI=1S/C12H22N2O/c1-2-3-11(5-7-15)8-14-10-12-4-6-13-9-12/h4,6,9,11,13-15H,2-3,5,7-8,10H2,1H3. The van der Waals surface area contributed by atoms with E-state index in [2.05, 4.69) is 23.3 Å². The van der Waals surface area contributed by atoms with Gasteiger partial charge < -0.3 is 15.4 Å². The lowest BCUT2D eigenvalue weighted by atomic mass is 10.0. The SMILES string of the molecule is CCCC(CCO)CNCc1cc[nH]c1. The molecule has 3 heteroatoms. The summed E-state index contributed by atoms with van der Waals surface area (Å²) in [5, 5.41) is 12.3. The topological polar surface area (TPSA) is 48.0 Å². The van der Waals surface area contributed by atoms with E-state index >= 15 is 0 Å². The maximum absolute atomic E-state index is 8.91. The molecule has 1 aromatic rings. The highest BCUT2D eigenvalue weighted by Gasteiger charge is 2.06. The van der Waals surface area contributed by atoms with Crippen LogP contribution in [0.4, 0.5) is 0 Å². The predicted octanol–water partition coefficient (Wildman–Crippen LogP) is 1.90. The molecule has 0 bridgehead atoms. The van der Waals surface area contributed by atoms with E-state index in [-0.39, 0.29) is 0 Å². The van der Waals surface area contributed by atoms with E-state index in [1.165, 1.54) is 18.4 Å². The molecule has 1 unspecified atom stereocenters. The van der Waals surface area contributed by atoms with Gasteiger partial charge in [0, 0.05) is 25.5 Å². The first kappa shape index (κ1) is 12.3. The molecular weight excluding hydrogens is 188 g/mol. The summed E-state index contributed by atoms with van der Waals surface area (Å²) in [6, 6.07) is 2.08. The fourth-order valence-corrected chi connectivity index (χ4v) is 1.83. The van der Waals surface area contributed by atoms with Gasteiger partial charge in [0.15, 0.2) is 0 Å². The molecule has 0 aliphatic heterocycles. The summed E-state index contributed by atoms with van der Waals surface area (Å²) in [5.74, 6) is 0.610. The third-order valence-corrected chi connectivity index (χ3v) is 2.66. The van der Waals surface area contributed by atoms with Crippen molar-refractivity contribution in [2.75, 3.05) is 13.2 Å². The molecular formula is C12H22N2O. The minimum Gasteiger partial charge on any atom is -0.396 e. The van der Waals surface area contributed by atoms with Crippen LogP contribution in [0.25, 0.3) is 0 Å². The van der Waals surface area contributed by atoms with E-state index in [9.17, 15) is 0 Å². The maximum atomic E-state index is 8.91. The quantitative estimate of drug-likeness (QED) is 0.614. The van der Waals surface area contributed by atoms with Gasteiger partial charge in [-0.15, -0.1) is 0 Å². The van der Waals surface area contributed by atoms with Gasteiger partial charge in [0.1, 0.15) is 0 Å². The molecule has 0 fully saturated rings. The van der Waals surface area contributed by atoms with Crippen molar-refractivity contribution in [1.29, 1.82) is 0 Å². The molecule has 1 aromatic heterocycles. The molecule has 3 nitrogen and oxygen atoms in total. The smallest absolute Gasteiger partial charge is 0.0434 e. The summed E-state index contributed by atoms with van der Waals surface area (Å²) in [7, 11) is 0. The molecule has 1 atom stereocenters. The minimum absolute atomic E-state index is 0.302. The van der Waals surface area contributed by atoms with E-state index < -0.39 is 0 Å². The number of aromatic amines is 1. The number of aliphatic hydroxyl groups excluding tert-OH is 1. The van der Waals surface area contributed by atoms with Gasteiger partial charge in [0.25, 0.3) is 0 Å². The van der Waals surface area contributed by atoms with Gasteiger partial charge in [0.2, 0.25) is 0 Å². The van der Waals surface area contributed by atoms with Gasteiger partial charge >= 0.3 is 0 Å². The van der Waals surface area contributed by atoms with Crippen molar-refractivity contribution in [3.63, 3.8) is 0 Å². The van der Waals surface area contributed by atoms with Crippen molar-refractivity contribution in [3.05, 3.63) is 24.0 Å². The zero-order valence-corrected chi connectivity index (χ0v) is 9.50. The second-order valence-electron chi connectivity index (χ2n) is 4.02. The van der Waals surface area contributed by atoms with E-state index in [0.717, 1.165) is 19.5 Å². The van der Waals surface area contributed by atoms with Crippen LogP contribution in [0.5, 0.6) is 0 Å². The van der Waals surface area contributed by atoms with Crippen LogP contribution >= 0.6 is 0 Å². The molecule has 0 saturated carbocycles. The minimum atomic E-state index is 0.302. The summed E-state index contributed by atoms with van der Waals surface area (Å²) < 4.78 is 0. The van der Waals surface area contributed by atoms with Crippen molar-refractivity contribution >= 4 is 0 Å². The fourth-order valence-electron chi connectivity index (χ4n) is 1.83. The number of rotatable bonds is 8. The normalized spacial score (nSPS) is 12.9. The first-order valence-electron chi connectivity index (χ1n) is 5.80. The van der Waals surface area contributed by atoms with Crippen LogP contribution in [0.1, 0.15) is 31.7 Å². The zero-order chi connectivity index (χ0) is 10.9. The van der Waals surface area contributed by atoms with E-state index in [1.807, 2.05) is 12.4 Å². The Morgan fingerprint density at radius 2 is 2.33 bits per heavy atom. The Morgan fingerprint density at radius 3 is 2.93 bits per heavy atom. The molecule has 3 N–H and O–H groups in total. The third-order valence-electron chi connectivity index (χ3n) is 2.66. The lowest BCUT2D eigenvalue weighted by Gasteiger charge is -2.15. The molecule has 0 aliphatic carbocycles. The number of aromatic nitrogens is 1. The van der Waals surface area contributed by atoms with Crippen molar-refractivity contribution < 1.29 is 5.11 Å². The van der Waals surface area contributed by atoms with E-state index in [0.29, 0.717) is 12.5 Å². The summed E-state index contributed by atoms with van der Waals surface area (Å²) in [6.07, 6.45) is 7.24. The highest BCUT2D eigenvalue weighted by Crippen LogP contribution is 2.09. The Kier molecular flexibility index (Phi) is 6.12. The molecule has 0 radical (unpaired) electrons. The first-order chi connectivity index (χ1) is 7.36. The van der Waals surface area contributed by atoms with Crippen LogP contribution in [-0.2, 0) is 6.54 Å². The third kappa shape index (κ3) is 5.00. The van der Waals surface area contributed by atoms with E-state index in [1.54, 1.807) is 0 Å². The highest BCUT2D eigenvalue weighted by molar-refractivity contribution is 5.07. The van der Waals surface area contributed by atoms with Crippen molar-refractivity contribution in [3.8, 4) is 0 Å². The largest absolute Gasteiger partial charge is 0.396 e. The zero-order valence-electron chi connectivity index (χ0n) is 9.50. The van der Waals surface area contributed by atoms with E-state index in [4.69, 9.17) is 5.11 Å². The number of hydrogen-bond acceptors (Lipinski definition) is 2. The van der Waals surface area contributed by atoms with Crippen molar-refractivity contribution in [1.82, 2.24) is 10.3 Å². The molecule has 0 aromatic carbocycles. The van der Waals surface area contributed by atoms with Crippen molar-refractivity contribution in [2.24, 2.45) is 5.92 Å². The summed E-state index contributed by atoms with van der Waals surface area (Å²) in [6.45, 7) is 4.40. The molecule has 0 saturated heterocycles. The Hall–Kier alpha value is -0.800.